The highest BCUT2D eigenvalue weighted by Gasteiger charge is 2.59. The quantitative estimate of drug-likeness (QED) is 0.0632. The standard InChI is InChI=1S/C10H8.C8H10O2.C7H10O3S.C7H12.C6H6.5C4H8O5S.5C3H9N.5C2H6/c1-2-6-10-8-4-3-7-9(10)5-1;9-8-6-2-4-1-5(6)7(3-4)10-8;8-11(9)7-3-4-1-5(7)6(2-4)10-11;1-2-7-4-3-6(1)5-7;1-2-4-6-5-3-1;5*1-2-9-4(5)3-10(6,7)8;5*1-4(2)3;5*1-2/h1-8H;4-7H,1-3H2;4-7H,1-3H2;6-7H,1-5H2;1-6H;5*2-3H2,1H3,(H,6,7,8);5*1-3H3;5*1-2H3. The van der Waals surface area contributed by atoms with E-state index in [4.69, 9.17) is 8.92 Å². The van der Waals surface area contributed by atoms with Gasteiger partial charge in [0.25, 0.3) is 10.1 Å². The van der Waals surface area contributed by atoms with E-state index in [1.165, 1.54) is 88.1 Å². The predicted molar refractivity (Wildman–Crippen MR) is 479 cm³/mol. The van der Waals surface area contributed by atoms with Crippen LogP contribution in [0, 0.1) is 41.4 Å². The van der Waals surface area contributed by atoms with Crippen LogP contribution >= 0.6 is 0 Å². The summed E-state index contributed by atoms with van der Waals surface area (Å²) in [7, 11) is 5.77. The minimum absolute atomic E-state index is 0.0590. The Morgan fingerprint density at radius 3 is 0.718 bits per heavy atom. The molecule has 6 saturated carbocycles. The summed E-state index contributed by atoms with van der Waals surface area (Å²) >= 11 is 0. The summed E-state index contributed by atoms with van der Waals surface area (Å²) in [4.78, 5) is 69.4. The molecule has 2 saturated heterocycles. The first kappa shape index (κ1) is 136. The molecule has 11 rings (SSSR count). The molecule has 2 aliphatic heterocycles. The molecule has 8 fully saturated rings. The predicted octanol–water partition coefficient (Wildman–Crippen LogP) is 2.60. The third kappa shape index (κ3) is 89.4. The minimum atomic E-state index is -4.47. The Labute approximate surface area is 747 Å². The lowest BCUT2D eigenvalue weighted by Crippen LogP contribution is -3.02. The highest BCUT2D eigenvalue weighted by atomic mass is 32.2. The number of ether oxygens (including phenoxy) is 6. The van der Waals surface area contributed by atoms with Crippen molar-refractivity contribution in [1.29, 1.82) is 0 Å². The number of hydrogen-bond acceptors (Lipinski definition) is 30. The number of hydrogen-bond donors (Lipinski definition) is 5. The fraction of sp³-hybridized carbons (Fsp3) is 0.735. The first-order valence-electron chi connectivity index (χ1n) is 42.2. The number of benzene rings is 3. The van der Waals surface area contributed by atoms with E-state index in [0.29, 0.717) is 29.8 Å². The van der Waals surface area contributed by atoms with Gasteiger partial charge in [0.2, 0.25) is 0 Å². The molecule has 8 aliphatic rings. The van der Waals surface area contributed by atoms with Crippen molar-refractivity contribution in [1.82, 2.24) is 0 Å². The van der Waals surface area contributed by atoms with Crippen molar-refractivity contribution in [2.45, 2.75) is 192 Å². The van der Waals surface area contributed by atoms with Crippen molar-refractivity contribution in [3.63, 3.8) is 0 Å². The number of rotatable bonds is 15. The summed E-state index contributed by atoms with van der Waals surface area (Å²) in [6, 6.07) is 28.7. The number of fused-ring (bicyclic) bond motifs is 5. The van der Waals surface area contributed by atoms with Crippen LogP contribution in [-0.2, 0) is 122 Å². The van der Waals surface area contributed by atoms with E-state index in [-0.39, 0.29) is 50.4 Å². The molecule has 5 N–H and O–H groups in total. The largest absolute Gasteiger partial charge is 0.748 e. The monoisotopic (exact) mass is 1900 g/mol. The number of carbonyl (C=O) groups is 6. The van der Waals surface area contributed by atoms with Gasteiger partial charge in [0.1, 0.15) is 85.5 Å². The van der Waals surface area contributed by atoms with Gasteiger partial charge in [-0.15, -0.1) is 0 Å². The zero-order valence-electron chi connectivity index (χ0n) is 79.9. The second-order valence-corrected chi connectivity index (χ2v) is 38.2. The minimum Gasteiger partial charge on any atom is -0.748 e. The molecule has 0 radical (unpaired) electrons. The summed E-state index contributed by atoms with van der Waals surface area (Å²) in [6.07, 6.45) is 14.7. The molecule has 0 aromatic heterocycles. The lowest BCUT2D eigenvalue weighted by molar-refractivity contribution is -0.836. The average molecular weight is 1900 g/mol. The van der Waals surface area contributed by atoms with Gasteiger partial charge in [-0.05, 0) is 114 Å². The number of esters is 6. The van der Waals surface area contributed by atoms with Crippen LogP contribution in [0.3, 0.4) is 0 Å². The van der Waals surface area contributed by atoms with E-state index in [2.05, 4.69) is 178 Å². The van der Waals surface area contributed by atoms with Gasteiger partial charge in [0, 0.05) is 11.8 Å². The molecular weight excluding hydrogens is 1740 g/mol. The molecule has 124 heavy (non-hydrogen) atoms. The van der Waals surface area contributed by atoms with Gasteiger partial charge in [0.05, 0.1) is 156 Å². The molecule has 8 atom stereocenters. The Hall–Kier alpha value is -6.00. The number of carbonyl (C=O) groups excluding carboxylic acids is 6. The van der Waals surface area contributed by atoms with Gasteiger partial charge in [0.15, 0.2) is 0 Å². The molecule has 3 aromatic rings. The van der Waals surface area contributed by atoms with Gasteiger partial charge in [-0.25, -0.2) is 42.1 Å². The van der Waals surface area contributed by atoms with E-state index >= 15 is 0 Å². The van der Waals surface area contributed by atoms with Crippen LogP contribution in [0.5, 0.6) is 0 Å². The molecule has 0 spiro atoms. The molecule has 8 unspecified atom stereocenters. The Balaban J connectivity index is -0.000000164. The normalized spacial score (nSPS) is 19.6. The van der Waals surface area contributed by atoms with Gasteiger partial charge in [-0.3, -0.25) is 33.0 Å². The maximum absolute atomic E-state index is 11.3. The van der Waals surface area contributed by atoms with Crippen molar-refractivity contribution in [2.24, 2.45) is 41.4 Å². The maximum Gasteiger partial charge on any atom is 0.319 e. The Morgan fingerprint density at radius 2 is 0.556 bits per heavy atom. The lowest BCUT2D eigenvalue weighted by Gasteiger charge is -2.11. The van der Waals surface area contributed by atoms with Crippen LogP contribution in [0.2, 0.25) is 0 Å². The first-order valence-corrected chi connectivity index (χ1v) is 51.6. The van der Waals surface area contributed by atoms with Crippen molar-refractivity contribution < 1.29 is 159 Å². The van der Waals surface area contributed by atoms with Crippen molar-refractivity contribution in [2.75, 3.05) is 168 Å². The molecule has 41 heteroatoms. The van der Waals surface area contributed by atoms with Crippen LogP contribution in [0.1, 0.15) is 174 Å². The zero-order chi connectivity index (χ0) is 99.0. The van der Waals surface area contributed by atoms with Crippen molar-refractivity contribution in [3.05, 3.63) is 84.9 Å². The summed E-state index contributed by atoms with van der Waals surface area (Å²) in [5, 5.41) is 2.49. The number of quaternary nitrogens is 5. The van der Waals surface area contributed by atoms with Gasteiger partial charge >= 0.3 is 35.8 Å². The highest BCUT2D eigenvalue weighted by Crippen LogP contribution is 2.55. The van der Waals surface area contributed by atoms with Crippen LogP contribution < -0.4 is 24.5 Å². The molecule has 6 aliphatic carbocycles. The third-order valence-electron chi connectivity index (χ3n) is 14.6. The van der Waals surface area contributed by atoms with E-state index in [9.17, 15) is 102 Å². The van der Waals surface area contributed by atoms with Gasteiger partial charge < -0.3 is 75.7 Å². The second kappa shape index (κ2) is 79.2. The van der Waals surface area contributed by atoms with E-state index in [0.717, 1.165) is 38.0 Å². The average Bonchev–Trinajstić information content (AvgIpc) is 1.59. The third-order valence-corrected chi connectivity index (χ3v) is 19.3. The Kier molecular flexibility index (Phi) is 86.8. The van der Waals surface area contributed by atoms with Crippen LogP contribution in [0.25, 0.3) is 10.8 Å². The fourth-order valence-electron chi connectivity index (χ4n) is 11.3. The summed E-state index contributed by atoms with van der Waals surface area (Å²) in [5.41, 5.74) is 0. The second-order valence-electron chi connectivity index (χ2n) is 29.4. The molecule has 3 aromatic carbocycles. The van der Waals surface area contributed by atoms with Crippen LogP contribution in [0.15, 0.2) is 84.9 Å². The Morgan fingerprint density at radius 1 is 0.339 bits per heavy atom. The highest BCUT2D eigenvalue weighted by molar-refractivity contribution is 7.88. The zero-order valence-corrected chi connectivity index (χ0v) is 84.8. The number of nitrogens with one attached hydrogen (secondary N) is 5. The molecule has 2 heterocycles. The summed E-state index contributed by atoms with van der Waals surface area (Å²) in [5.74, 6) is -5.23. The molecule has 35 nitrogen and oxygen atoms in total. The Bertz CT molecular complexity index is 3460. The smallest absolute Gasteiger partial charge is 0.319 e. The van der Waals surface area contributed by atoms with Crippen molar-refractivity contribution >= 4 is 107 Å². The van der Waals surface area contributed by atoms with Gasteiger partial charge in [-0.2, -0.15) is 8.42 Å². The summed E-state index contributed by atoms with van der Waals surface area (Å²) < 4.78 is 202. The first-order chi connectivity index (χ1) is 57.4. The topological polar surface area (TPSA) is 509 Å². The molecular formula is C83H161N5O30S6. The van der Waals surface area contributed by atoms with Crippen molar-refractivity contribution in [3.8, 4) is 0 Å². The van der Waals surface area contributed by atoms with Crippen LogP contribution in [-0.4, -0.2) is 294 Å². The maximum atomic E-state index is 11.3. The van der Waals surface area contributed by atoms with E-state index in [1.54, 1.807) is 32.1 Å². The van der Waals surface area contributed by atoms with Crippen LogP contribution in [0.4, 0.5) is 0 Å². The molecule has 6 bridgehead atoms. The molecule has 734 valence electrons. The SMILES string of the molecule is C1CC2CCC1C2.CC.CC.CC.CC.CC.CCOC(=O)CS(=O)(=O)[O-].CCOC(=O)CS(=O)(=O)[O-].CCOC(=O)CS(=O)(=O)[O-].CCOC(=O)CS(=O)(=O)[O-].CCOC(=O)CS(=O)(=O)[O-].C[NH+](C)C.C[NH+](C)C.C[NH+](C)C.C[NH+](C)C.C[NH+](C)C.O=C1OC2CC3CC1C2C3.O=S1(=O)OC2CC3CC2C1C3.c1ccc2ccccc2c1.c1ccccc1. The molecule has 0 amide bonds. The fourth-order valence-corrected chi connectivity index (χ4v) is 15.1. The van der Waals surface area contributed by atoms with Gasteiger partial charge in [-0.1, -0.05) is 180 Å². The lowest BCUT2D eigenvalue weighted by atomic mass is 9.90. The van der Waals surface area contributed by atoms with E-state index in [1.807, 2.05) is 106 Å². The van der Waals surface area contributed by atoms with E-state index < -0.39 is 119 Å². The summed E-state index contributed by atoms with van der Waals surface area (Å²) in [6.45, 7) is 28.0.